The van der Waals surface area contributed by atoms with Crippen LogP contribution >= 0.6 is 11.3 Å². The van der Waals surface area contributed by atoms with Gasteiger partial charge in [-0.15, -0.1) is 11.3 Å². The summed E-state index contributed by atoms with van der Waals surface area (Å²) in [5, 5.41) is 1.57. The Morgan fingerprint density at radius 3 is 2.55 bits per heavy atom. The van der Waals surface area contributed by atoms with Crippen molar-refractivity contribution in [3.05, 3.63) is 45.6 Å². The molecule has 0 saturated heterocycles. The summed E-state index contributed by atoms with van der Waals surface area (Å²) in [5.41, 5.74) is 2.46. The number of hydrogen-bond donors (Lipinski definition) is 0. The SMILES string of the molecule is COC(=O)c1sccc1S(=O)(=O)N(C)c1cccc(C)c1C. The highest BCUT2D eigenvalue weighted by Gasteiger charge is 2.29. The van der Waals surface area contributed by atoms with Gasteiger partial charge < -0.3 is 4.74 Å². The van der Waals surface area contributed by atoms with Crippen LogP contribution in [0.1, 0.15) is 20.8 Å². The van der Waals surface area contributed by atoms with Crippen molar-refractivity contribution in [1.29, 1.82) is 0 Å². The predicted octanol–water partition coefficient (Wildman–Crippen LogP) is 2.98. The van der Waals surface area contributed by atoms with Gasteiger partial charge in [-0.25, -0.2) is 13.2 Å². The maximum Gasteiger partial charge on any atom is 0.349 e. The lowest BCUT2D eigenvalue weighted by atomic mass is 10.1. The number of sulfonamides is 1. The Hall–Kier alpha value is -1.86. The topological polar surface area (TPSA) is 63.7 Å². The number of esters is 1. The molecular formula is C15H17NO4S2. The van der Waals surface area contributed by atoms with Crippen molar-refractivity contribution in [2.24, 2.45) is 0 Å². The van der Waals surface area contributed by atoms with E-state index in [1.807, 2.05) is 19.9 Å². The van der Waals surface area contributed by atoms with Gasteiger partial charge in [-0.1, -0.05) is 12.1 Å². The van der Waals surface area contributed by atoms with Crippen LogP contribution in [0.25, 0.3) is 0 Å². The van der Waals surface area contributed by atoms with Gasteiger partial charge in [-0.3, -0.25) is 4.31 Å². The minimum absolute atomic E-state index is 0.0345. The van der Waals surface area contributed by atoms with E-state index in [2.05, 4.69) is 4.74 Å². The second-order valence-electron chi connectivity index (χ2n) is 4.80. The molecule has 0 saturated carbocycles. The normalized spacial score (nSPS) is 11.3. The van der Waals surface area contributed by atoms with Crippen molar-refractivity contribution in [2.75, 3.05) is 18.5 Å². The van der Waals surface area contributed by atoms with Crippen molar-refractivity contribution < 1.29 is 17.9 Å². The molecule has 7 heteroatoms. The highest BCUT2D eigenvalue weighted by molar-refractivity contribution is 7.93. The van der Waals surface area contributed by atoms with Crippen molar-refractivity contribution in [1.82, 2.24) is 0 Å². The van der Waals surface area contributed by atoms with Gasteiger partial charge in [-0.2, -0.15) is 0 Å². The van der Waals surface area contributed by atoms with Crippen LogP contribution in [0.5, 0.6) is 0 Å². The molecule has 1 aromatic carbocycles. The number of hydrogen-bond acceptors (Lipinski definition) is 5. The molecule has 0 bridgehead atoms. The molecule has 2 rings (SSSR count). The monoisotopic (exact) mass is 339 g/mol. The largest absolute Gasteiger partial charge is 0.465 e. The van der Waals surface area contributed by atoms with Crippen LogP contribution in [-0.2, 0) is 14.8 Å². The van der Waals surface area contributed by atoms with Crippen LogP contribution in [0.4, 0.5) is 5.69 Å². The number of nitrogens with zero attached hydrogens (tertiary/aromatic N) is 1. The van der Waals surface area contributed by atoms with E-state index >= 15 is 0 Å². The lowest BCUT2D eigenvalue weighted by Gasteiger charge is -2.22. The molecule has 0 fully saturated rings. The summed E-state index contributed by atoms with van der Waals surface area (Å²) >= 11 is 1.05. The van der Waals surface area contributed by atoms with Crippen molar-refractivity contribution in [2.45, 2.75) is 18.7 Å². The zero-order valence-electron chi connectivity index (χ0n) is 12.8. The Bertz CT molecular complexity index is 809. The van der Waals surface area contributed by atoms with E-state index in [9.17, 15) is 13.2 Å². The second kappa shape index (κ2) is 6.10. The third-order valence-electron chi connectivity index (χ3n) is 3.55. The highest BCUT2D eigenvalue weighted by Crippen LogP contribution is 2.30. The smallest absolute Gasteiger partial charge is 0.349 e. The summed E-state index contributed by atoms with van der Waals surface area (Å²) in [6.45, 7) is 3.79. The molecule has 0 spiro atoms. The van der Waals surface area contributed by atoms with Crippen LogP contribution in [0, 0.1) is 13.8 Å². The number of benzene rings is 1. The van der Waals surface area contributed by atoms with Crippen molar-refractivity contribution in [3.8, 4) is 0 Å². The summed E-state index contributed by atoms with van der Waals surface area (Å²) in [6.07, 6.45) is 0. The fourth-order valence-electron chi connectivity index (χ4n) is 2.10. The van der Waals surface area contributed by atoms with Crippen LogP contribution in [0.3, 0.4) is 0 Å². The molecule has 22 heavy (non-hydrogen) atoms. The van der Waals surface area contributed by atoms with Crippen molar-refractivity contribution >= 4 is 33.0 Å². The van der Waals surface area contributed by atoms with Gasteiger partial charge in [-0.05, 0) is 42.5 Å². The van der Waals surface area contributed by atoms with Crippen molar-refractivity contribution in [3.63, 3.8) is 0 Å². The number of aryl methyl sites for hydroxylation is 1. The molecule has 1 heterocycles. The molecule has 0 aliphatic carbocycles. The number of methoxy groups -OCH3 is 1. The first-order chi connectivity index (χ1) is 10.3. The Morgan fingerprint density at radius 2 is 1.91 bits per heavy atom. The summed E-state index contributed by atoms with van der Waals surface area (Å²) in [7, 11) is -1.12. The van der Waals surface area contributed by atoms with E-state index in [0.29, 0.717) is 5.69 Å². The molecule has 2 aromatic rings. The van der Waals surface area contributed by atoms with E-state index in [1.165, 1.54) is 24.5 Å². The number of ether oxygens (including phenoxy) is 1. The first kappa shape index (κ1) is 16.5. The minimum atomic E-state index is -3.83. The second-order valence-corrected chi connectivity index (χ2v) is 7.65. The maximum atomic E-state index is 12.8. The third kappa shape index (κ3) is 2.74. The van der Waals surface area contributed by atoms with Crippen LogP contribution in [0.15, 0.2) is 34.5 Å². The highest BCUT2D eigenvalue weighted by atomic mass is 32.2. The van der Waals surface area contributed by atoms with E-state index in [1.54, 1.807) is 17.5 Å². The molecule has 0 unspecified atom stereocenters. The summed E-state index contributed by atoms with van der Waals surface area (Å²) in [4.78, 5) is 11.8. The van der Waals surface area contributed by atoms with Crippen LogP contribution < -0.4 is 4.31 Å². The van der Waals surface area contributed by atoms with Gasteiger partial charge >= 0.3 is 5.97 Å². The molecule has 5 nitrogen and oxygen atoms in total. The molecule has 0 N–H and O–H groups in total. The average molecular weight is 339 g/mol. The number of carbonyl (C=O) groups is 1. The standard InChI is InChI=1S/C15H17NO4S2/c1-10-6-5-7-12(11(10)2)16(3)22(18,19)13-8-9-21-14(13)15(17)20-4/h5-9H,1-4H3. The quantitative estimate of drug-likeness (QED) is 0.803. The van der Waals surface area contributed by atoms with E-state index < -0.39 is 16.0 Å². The Labute approximate surface area is 134 Å². The number of anilines is 1. The Morgan fingerprint density at radius 1 is 1.23 bits per heavy atom. The molecular weight excluding hydrogens is 322 g/mol. The fourth-order valence-corrected chi connectivity index (χ4v) is 4.66. The van der Waals surface area contributed by atoms with Gasteiger partial charge in [0, 0.05) is 7.05 Å². The molecule has 0 atom stereocenters. The van der Waals surface area contributed by atoms with Crippen LogP contribution in [-0.4, -0.2) is 28.5 Å². The molecule has 0 amide bonds. The molecule has 118 valence electrons. The predicted molar refractivity (Wildman–Crippen MR) is 87.2 cm³/mol. The third-order valence-corrected chi connectivity index (χ3v) is 6.39. The number of thiophene rings is 1. The zero-order valence-corrected chi connectivity index (χ0v) is 14.4. The van der Waals surface area contributed by atoms with Gasteiger partial charge in [0.25, 0.3) is 10.0 Å². The fraction of sp³-hybridized carbons (Fsp3) is 0.267. The maximum absolute atomic E-state index is 12.8. The molecule has 0 aliphatic heterocycles. The van der Waals surface area contributed by atoms with Gasteiger partial charge in [0.2, 0.25) is 0 Å². The zero-order chi connectivity index (χ0) is 16.5. The van der Waals surface area contributed by atoms with Crippen LogP contribution in [0.2, 0.25) is 0 Å². The molecule has 1 aromatic heterocycles. The lowest BCUT2D eigenvalue weighted by molar-refractivity contribution is 0.0602. The first-order valence-electron chi connectivity index (χ1n) is 6.51. The Balaban J connectivity index is 2.54. The number of rotatable bonds is 4. The number of carbonyl (C=O) groups excluding carboxylic acids is 1. The summed E-state index contributed by atoms with van der Waals surface area (Å²) < 4.78 is 31.5. The van der Waals surface area contributed by atoms with Gasteiger partial charge in [0.05, 0.1) is 12.8 Å². The van der Waals surface area contributed by atoms with Gasteiger partial charge in [0.15, 0.2) is 0 Å². The Kier molecular flexibility index (Phi) is 4.58. The van der Waals surface area contributed by atoms with E-state index in [-0.39, 0.29) is 9.77 Å². The minimum Gasteiger partial charge on any atom is -0.465 e. The first-order valence-corrected chi connectivity index (χ1v) is 8.83. The average Bonchev–Trinajstić information content (AvgIpc) is 2.98. The van der Waals surface area contributed by atoms with Gasteiger partial charge in [0.1, 0.15) is 9.77 Å². The molecule has 0 radical (unpaired) electrons. The summed E-state index contributed by atoms with van der Waals surface area (Å²) in [6, 6.07) is 6.89. The summed E-state index contributed by atoms with van der Waals surface area (Å²) in [5.74, 6) is -0.650. The van der Waals surface area contributed by atoms with E-state index in [0.717, 1.165) is 22.5 Å². The van der Waals surface area contributed by atoms with E-state index in [4.69, 9.17) is 0 Å². The molecule has 0 aliphatic rings. The lowest BCUT2D eigenvalue weighted by Crippen LogP contribution is -2.28.